The second kappa shape index (κ2) is 13.5. The molecular formula is C26H36IN5O2. The van der Waals surface area contributed by atoms with Crippen molar-refractivity contribution in [3.63, 3.8) is 0 Å². The SMILES string of the molecule is CCNC(=NCc1ccc(OCC2CC2)nc1)NCC1CC(=O)N(CCc2ccccc2)C1.I. The maximum Gasteiger partial charge on any atom is 0.223 e. The summed E-state index contributed by atoms with van der Waals surface area (Å²) in [7, 11) is 0. The summed E-state index contributed by atoms with van der Waals surface area (Å²) in [6, 6.07) is 14.3. The Balaban J connectivity index is 0.00000324. The van der Waals surface area contributed by atoms with E-state index in [-0.39, 0.29) is 29.9 Å². The summed E-state index contributed by atoms with van der Waals surface area (Å²) < 4.78 is 5.70. The van der Waals surface area contributed by atoms with E-state index in [1.165, 1.54) is 18.4 Å². The molecule has 8 heteroatoms. The second-order valence-corrected chi connectivity index (χ2v) is 8.98. The van der Waals surface area contributed by atoms with Gasteiger partial charge in [-0.25, -0.2) is 9.98 Å². The molecule has 34 heavy (non-hydrogen) atoms. The molecule has 1 aliphatic heterocycles. The number of carbonyl (C=O) groups is 1. The molecule has 1 aliphatic carbocycles. The highest BCUT2D eigenvalue weighted by molar-refractivity contribution is 14.0. The summed E-state index contributed by atoms with van der Waals surface area (Å²) in [5.41, 5.74) is 2.31. The largest absolute Gasteiger partial charge is 0.477 e. The molecule has 2 N–H and O–H groups in total. The van der Waals surface area contributed by atoms with E-state index in [9.17, 15) is 4.79 Å². The number of rotatable bonds is 11. The minimum absolute atomic E-state index is 0. The van der Waals surface area contributed by atoms with Crippen LogP contribution in [0.4, 0.5) is 0 Å². The predicted octanol–water partition coefficient (Wildman–Crippen LogP) is 3.63. The molecule has 1 aromatic carbocycles. The maximum absolute atomic E-state index is 12.4. The Morgan fingerprint density at radius 1 is 1.12 bits per heavy atom. The van der Waals surface area contributed by atoms with Gasteiger partial charge in [0.05, 0.1) is 13.2 Å². The molecule has 1 amide bonds. The number of likely N-dealkylation sites (tertiary alicyclic amines) is 1. The van der Waals surface area contributed by atoms with Gasteiger partial charge in [0.1, 0.15) is 0 Å². The van der Waals surface area contributed by atoms with Crippen LogP contribution in [-0.2, 0) is 17.8 Å². The molecule has 1 saturated heterocycles. The normalized spacial score (nSPS) is 17.9. The molecular weight excluding hydrogens is 541 g/mol. The van der Waals surface area contributed by atoms with E-state index >= 15 is 0 Å². The van der Waals surface area contributed by atoms with Gasteiger partial charge in [0.15, 0.2) is 5.96 Å². The molecule has 1 aromatic heterocycles. The molecule has 2 heterocycles. The van der Waals surface area contributed by atoms with Crippen LogP contribution >= 0.6 is 24.0 Å². The Bertz CT molecular complexity index is 919. The molecule has 2 aromatic rings. The van der Waals surface area contributed by atoms with Gasteiger partial charge in [0, 0.05) is 50.8 Å². The smallest absolute Gasteiger partial charge is 0.223 e. The van der Waals surface area contributed by atoms with Crippen molar-refractivity contribution in [1.29, 1.82) is 0 Å². The number of pyridine rings is 1. The lowest BCUT2D eigenvalue weighted by atomic mass is 10.1. The Morgan fingerprint density at radius 2 is 1.94 bits per heavy atom. The molecule has 4 rings (SSSR count). The Hall–Kier alpha value is -2.36. The van der Waals surface area contributed by atoms with Gasteiger partial charge in [-0.2, -0.15) is 0 Å². The first-order chi connectivity index (χ1) is 16.2. The first kappa shape index (κ1) is 26.2. The van der Waals surface area contributed by atoms with Crippen molar-refractivity contribution in [2.24, 2.45) is 16.8 Å². The molecule has 2 aliphatic rings. The molecule has 0 radical (unpaired) electrons. The average molecular weight is 578 g/mol. The highest BCUT2D eigenvalue weighted by atomic mass is 127. The first-order valence-corrected chi connectivity index (χ1v) is 12.1. The van der Waals surface area contributed by atoms with E-state index in [4.69, 9.17) is 4.74 Å². The number of nitrogens with one attached hydrogen (secondary N) is 2. The molecule has 1 saturated carbocycles. The number of carbonyl (C=O) groups excluding carboxylic acids is 1. The zero-order chi connectivity index (χ0) is 22.9. The third-order valence-electron chi connectivity index (χ3n) is 6.09. The third kappa shape index (κ3) is 8.45. The van der Waals surface area contributed by atoms with Gasteiger partial charge in [-0.05, 0) is 43.2 Å². The lowest BCUT2D eigenvalue weighted by molar-refractivity contribution is -0.127. The van der Waals surface area contributed by atoms with E-state index in [1.54, 1.807) is 0 Å². The van der Waals surface area contributed by atoms with E-state index in [0.29, 0.717) is 24.8 Å². The Kier molecular flexibility index (Phi) is 10.4. The molecule has 7 nitrogen and oxygen atoms in total. The van der Waals surface area contributed by atoms with Crippen LogP contribution in [0.25, 0.3) is 0 Å². The number of nitrogens with zero attached hydrogens (tertiary/aromatic N) is 3. The number of aliphatic imine (C=N–C) groups is 1. The Labute approximate surface area is 219 Å². The molecule has 0 spiro atoms. The zero-order valence-corrected chi connectivity index (χ0v) is 22.2. The highest BCUT2D eigenvalue weighted by Gasteiger charge is 2.29. The van der Waals surface area contributed by atoms with Crippen molar-refractivity contribution in [2.75, 3.05) is 32.8 Å². The van der Waals surface area contributed by atoms with E-state index in [2.05, 4.69) is 39.7 Å². The number of ether oxygens (including phenoxy) is 1. The maximum atomic E-state index is 12.4. The molecule has 0 bridgehead atoms. The number of halogens is 1. The van der Waals surface area contributed by atoms with Gasteiger partial charge in [-0.1, -0.05) is 36.4 Å². The van der Waals surface area contributed by atoms with Crippen LogP contribution < -0.4 is 15.4 Å². The lowest BCUT2D eigenvalue weighted by Gasteiger charge is -2.18. The van der Waals surface area contributed by atoms with Gasteiger partial charge in [-0.15, -0.1) is 24.0 Å². The summed E-state index contributed by atoms with van der Waals surface area (Å²) in [6.07, 6.45) is 5.86. The van der Waals surface area contributed by atoms with Crippen LogP contribution in [0.5, 0.6) is 5.88 Å². The standard InChI is InChI=1S/C26H35N5O2.HI/c1-2-27-26(29-16-22-10-11-24(28-15-22)33-19-21-8-9-21)30-17-23-14-25(32)31(18-23)13-12-20-6-4-3-5-7-20;/h3-7,10-11,15,21,23H,2,8-9,12-14,16-19H2,1H3,(H2,27,29,30);1H. The van der Waals surface area contributed by atoms with Crippen molar-refractivity contribution in [3.8, 4) is 5.88 Å². The second-order valence-electron chi connectivity index (χ2n) is 8.98. The third-order valence-corrected chi connectivity index (χ3v) is 6.09. The van der Waals surface area contributed by atoms with Crippen LogP contribution in [-0.4, -0.2) is 54.5 Å². The summed E-state index contributed by atoms with van der Waals surface area (Å²) >= 11 is 0. The molecule has 2 fully saturated rings. The van der Waals surface area contributed by atoms with Crippen molar-refractivity contribution in [2.45, 2.75) is 39.2 Å². The fourth-order valence-corrected chi connectivity index (χ4v) is 3.95. The topological polar surface area (TPSA) is 78.9 Å². The number of hydrogen-bond acceptors (Lipinski definition) is 4. The van der Waals surface area contributed by atoms with Crippen molar-refractivity contribution >= 4 is 35.8 Å². The Morgan fingerprint density at radius 3 is 2.65 bits per heavy atom. The van der Waals surface area contributed by atoms with Crippen molar-refractivity contribution in [1.82, 2.24) is 20.5 Å². The summed E-state index contributed by atoms with van der Waals surface area (Å²) in [6.45, 7) is 6.45. The summed E-state index contributed by atoms with van der Waals surface area (Å²) in [4.78, 5) is 23.5. The van der Waals surface area contributed by atoms with Gasteiger partial charge >= 0.3 is 0 Å². The molecule has 1 unspecified atom stereocenters. The van der Waals surface area contributed by atoms with Gasteiger partial charge < -0.3 is 20.3 Å². The lowest BCUT2D eigenvalue weighted by Crippen LogP contribution is -2.40. The minimum atomic E-state index is 0. The molecule has 184 valence electrons. The first-order valence-electron chi connectivity index (χ1n) is 12.1. The average Bonchev–Trinajstić information content (AvgIpc) is 3.61. The summed E-state index contributed by atoms with van der Waals surface area (Å²) in [5.74, 6) is 2.71. The van der Waals surface area contributed by atoms with Crippen molar-refractivity contribution < 1.29 is 9.53 Å². The number of benzene rings is 1. The number of aromatic nitrogens is 1. The van der Waals surface area contributed by atoms with Crippen LogP contribution in [0.2, 0.25) is 0 Å². The van der Waals surface area contributed by atoms with Crippen LogP contribution in [0.1, 0.15) is 37.3 Å². The highest BCUT2D eigenvalue weighted by Crippen LogP contribution is 2.29. The van der Waals surface area contributed by atoms with E-state index in [1.807, 2.05) is 41.4 Å². The van der Waals surface area contributed by atoms with Gasteiger partial charge in [0.25, 0.3) is 0 Å². The van der Waals surface area contributed by atoms with Gasteiger partial charge in [-0.3, -0.25) is 4.79 Å². The number of amides is 1. The predicted molar refractivity (Wildman–Crippen MR) is 146 cm³/mol. The minimum Gasteiger partial charge on any atom is -0.477 e. The van der Waals surface area contributed by atoms with Crippen LogP contribution in [0, 0.1) is 11.8 Å². The fourth-order valence-electron chi connectivity index (χ4n) is 3.95. The van der Waals surface area contributed by atoms with E-state index < -0.39 is 0 Å². The fraction of sp³-hybridized carbons (Fsp3) is 0.500. The van der Waals surface area contributed by atoms with E-state index in [0.717, 1.165) is 56.6 Å². The summed E-state index contributed by atoms with van der Waals surface area (Å²) in [5, 5.41) is 6.71. The van der Waals surface area contributed by atoms with Crippen LogP contribution in [0.3, 0.4) is 0 Å². The quantitative estimate of drug-likeness (QED) is 0.242. The number of hydrogen-bond donors (Lipinski definition) is 2. The molecule has 1 atom stereocenters. The monoisotopic (exact) mass is 577 g/mol. The van der Waals surface area contributed by atoms with Gasteiger partial charge in [0.2, 0.25) is 11.8 Å². The van der Waals surface area contributed by atoms with Crippen LogP contribution in [0.15, 0.2) is 53.7 Å². The zero-order valence-electron chi connectivity index (χ0n) is 19.9. The number of guanidine groups is 1. The van der Waals surface area contributed by atoms with Crippen molar-refractivity contribution in [3.05, 3.63) is 59.8 Å².